The van der Waals surface area contributed by atoms with E-state index in [0.717, 1.165) is 34.1 Å². The Kier molecular flexibility index (Phi) is 8.20. The SMILES string of the molecule is CSc1cc(C)nc(SC)c1NC(=O)N(Cc1ccc2ccccc2c1)C1CCCCCC1. The van der Waals surface area contributed by atoms with Crippen LogP contribution in [-0.4, -0.2) is 34.5 Å². The molecule has 0 atom stereocenters. The molecule has 4 rings (SSSR count). The van der Waals surface area contributed by atoms with Crippen molar-refractivity contribution < 1.29 is 4.79 Å². The number of pyridine rings is 1. The Morgan fingerprint density at radius 1 is 1.00 bits per heavy atom. The van der Waals surface area contributed by atoms with Crippen molar-refractivity contribution in [1.82, 2.24) is 9.88 Å². The summed E-state index contributed by atoms with van der Waals surface area (Å²) >= 11 is 3.23. The summed E-state index contributed by atoms with van der Waals surface area (Å²) in [4.78, 5) is 21.6. The van der Waals surface area contributed by atoms with Crippen LogP contribution in [0.25, 0.3) is 10.8 Å². The normalized spacial score (nSPS) is 14.8. The summed E-state index contributed by atoms with van der Waals surface area (Å²) in [5.74, 6) is 0. The Bertz CT molecular complexity index is 1080. The molecule has 0 bridgehead atoms. The van der Waals surface area contributed by atoms with Gasteiger partial charge < -0.3 is 10.2 Å². The summed E-state index contributed by atoms with van der Waals surface area (Å²) in [6, 6.07) is 17.2. The number of aryl methyl sites for hydroxylation is 1. The van der Waals surface area contributed by atoms with Crippen molar-refractivity contribution in [3.05, 3.63) is 59.8 Å². The molecule has 1 fully saturated rings. The number of nitrogens with one attached hydrogen (secondary N) is 1. The molecule has 0 saturated heterocycles. The first-order valence-corrected chi connectivity index (χ1v) is 14.2. The van der Waals surface area contributed by atoms with Crippen LogP contribution < -0.4 is 5.32 Å². The molecule has 1 N–H and O–H groups in total. The molecule has 3 aromatic rings. The van der Waals surface area contributed by atoms with Gasteiger partial charge in [-0.3, -0.25) is 0 Å². The minimum Gasteiger partial charge on any atom is -0.317 e. The maximum atomic E-state index is 13.8. The molecule has 4 nitrogen and oxygen atoms in total. The minimum atomic E-state index is -0.0219. The number of carbonyl (C=O) groups excluding carboxylic acids is 1. The quantitative estimate of drug-likeness (QED) is 0.290. The van der Waals surface area contributed by atoms with Crippen LogP contribution in [-0.2, 0) is 6.54 Å². The second-order valence-corrected chi connectivity index (χ2v) is 10.4. The molecule has 1 saturated carbocycles. The third kappa shape index (κ3) is 5.85. The third-order valence-corrected chi connectivity index (χ3v) is 7.86. The number of rotatable bonds is 6. The number of benzene rings is 2. The second-order valence-electron chi connectivity index (χ2n) is 8.74. The van der Waals surface area contributed by atoms with E-state index in [1.165, 1.54) is 42.0 Å². The molecule has 2 aromatic carbocycles. The molecule has 2 amide bonds. The van der Waals surface area contributed by atoms with Gasteiger partial charge in [0.05, 0.1) is 5.69 Å². The first-order chi connectivity index (χ1) is 16.1. The number of thioether (sulfide) groups is 2. The first-order valence-electron chi connectivity index (χ1n) is 11.7. The van der Waals surface area contributed by atoms with Gasteiger partial charge in [0.25, 0.3) is 0 Å². The lowest BCUT2D eigenvalue weighted by Crippen LogP contribution is -2.42. The van der Waals surface area contributed by atoms with Gasteiger partial charge >= 0.3 is 6.03 Å². The van der Waals surface area contributed by atoms with Crippen LogP contribution >= 0.6 is 23.5 Å². The van der Waals surface area contributed by atoms with Crippen molar-refractivity contribution in [1.29, 1.82) is 0 Å². The van der Waals surface area contributed by atoms with Gasteiger partial charge in [0.15, 0.2) is 0 Å². The van der Waals surface area contributed by atoms with E-state index in [2.05, 4.69) is 63.7 Å². The number of hydrogen-bond donors (Lipinski definition) is 1. The summed E-state index contributed by atoms with van der Waals surface area (Å²) in [5.41, 5.74) is 2.98. The molecule has 1 aliphatic rings. The fourth-order valence-corrected chi connectivity index (χ4v) is 5.99. The summed E-state index contributed by atoms with van der Waals surface area (Å²) in [7, 11) is 0. The van der Waals surface area contributed by atoms with Crippen LogP contribution in [0.3, 0.4) is 0 Å². The minimum absolute atomic E-state index is 0.0219. The lowest BCUT2D eigenvalue weighted by Gasteiger charge is -2.32. The van der Waals surface area contributed by atoms with Crippen molar-refractivity contribution in [2.24, 2.45) is 0 Å². The van der Waals surface area contributed by atoms with Crippen molar-refractivity contribution in [3.8, 4) is 0 Å². The third-order valence-electron chi connectivity index (χ3n) is 6.42. The summed E-state index contributed by atoms with van der Waals surface area (Å²) in [5, 5.41) is 6.58. The van der Waals surface area contributed by atoms with Crippen molar-refractivity contribution >= 4 is 46.0 Å². The topological polar surface area (TPSA) is 45.2 Å². The summed E-state index contributed by atoms with van der Waals surface area (Å²) in [6.07, 6.45) is 11.1. The number of urea groups is 1. The largest absolute Gasteiger partial charge is 0.322 e. The number of carbonyl (C=O) groups is 1. The zero-order chi connectivity index (χ0) is 23.2. The molecule has 174 valence electrons. The van der Waals surface area contributed by atoms with Crippen LogP contribution in [0.5, 0.6) is 0 Å². The fraction of sp³-hybridized carbons (Fsp3) is 0.407. The Balaban J connectivity index is 1.65. The highest BCUT2D eigenvalue weighted by Crippen LogP contribution is 2.34. The van der Waals surface area contributed by atoms with Gasteiger partial charge in [-0.2, -0.15) is 0 Å². The maximum absolute atomic E-state index is 13.8. The molecular formula is C27H33N3OS2. The van der Waals surface area contributed by atoms with Crippen LogP contribution in [0.2, 0.25) is 0 Å². The second kappa shape index (κ2) is 11.3. The van der Waals surface area contributed by atoms with Crippen LogP contribution in [0.15, 0.2) is 58.5 Å². The predicted octanol–water partition coefficient (Wildman–Crippen LogP) is 7.74. The zero-order valence-corrected chi connectivity index (χ0v) is 21.4. The van der Waals surface area contributed by atoms with E-state index in [1.807, 2.05) is 19.4 Å². The molecule has 33 heavy (non-hydrogen) atoms. The fourth-order valence-electron chi connectivity index (χ4n) is 4.69. The van der Waals surface area contributed by atoms with Crippen molar-refractivity contribution in [2.75, 3.05) is 17.8 Å². The molecule has 6 heteroatoms. The van der Waals surface area contributed by atoms with Crippen LogP contribution in [0.1, 0.15) is 49.8 Å². The number of aromatic nitrogens is 1. The van der Waals surface area contributed by atoms with Gasteiger partial charge in [-0.05, 0) is 60.7 Å². The average molecular weight is 480 g/mol. The number of anilines is 1. The number of amides is 2. The molecule has 0 radical (unpaired) electrons. The standard InChI is InChI=1S/C27H33N3OS2/c1-19-16-24(32-2)25(26(28-19)33-3)29-27(31)30(23-12-6-4-5-7-13-23)18-20-14-15-21-10-8-9-11-22(21)17-20/h8-11,14-17,23H,4-7,12-13,18H2,1-3H3,(H,29,31). The van der Waals surface area contributed by atoms with E-state index in [9.17, 15) is 4.79 Å². The number of fused-ring (bicyclic) bond motifs is 1. The predicted molar refractivity (Wildman–Crippen MR) is 143 cm³/mol. The van der Waals surface area contributed by atoms with E-state index in [1.54, 1.807) is 23.5 Å². The first kappa shape index (κ1) is 24.0. The summed E-state index contributed by atoms with van der Waals surface area (Å²) in [6.45, 7) is 2.62. The van der Waals surface area contributed by atoms with Crippen LogP contribution in [0.4, 0.5) is 10.5 Å². The van der Waals surface area contributed by atoms with Gasteiger partial charge in [0.1, 0.15) is 5.03 Å². The molecule has 1 heterocycles. The maximum Gasteiger partial charge on any atom is 0.322 e. The monoisotopic (exact) mass is 479 g/mol. The van der Waals surface area contributed by atoms with Gasteiger partial charge in [0, 0.05) is 23.2 Å². The lowest BCUT2D eigenvalue weighted by molar-refractivity contribution is 0.175. The molecule has 0 spiro atoms. The molecule has 1 aromatic heterocycles. The van der Waals surface area contributed by atoms with Gasteiger partial charge in [-0.25, -0.2) is 9.78 Å². The molecule has 0 unspecified atom stereocenters. The van der Waals surface area contributed by atoms with E-state index in [0.29, 0.717) is 6.54 Å². The Labute approximate surface area is 205 Å². The van der Waals surface area contributed by atoms with E-state index in [4.69, 9.17) is 0 Å². The molecule has 1 aliphatic carbocycles. The Hall–Kier alpha value is -2.18. The van der Waals surface area contributed by atoms with Gasteiger partial charge in [-0.1, -0.05) is 62.1 Å². The van der Waals surface area contributed by atoms with E-state index in [-0.39, 0.29) is 12.1 Å². The van der Waals surface area contributed by atoms with Gasteiger partial charge in [-0.15, -0.1) is 23.5 Å². The van der Waals surface area contributed by atoms with Crippen molar-refractivity contribution in [2.45, 2.75) is 68.0 Å². The molecular weight excluding hydrogens is 446 g/mol. The number of hydrogen-bond acceptors (Lipinski definition) is 4. The highest BCUT2D eigenvalue weighted by molar-refractivity contribution is 7.99. The lowest BCUT2D eigenvalue weighted by atomic mass is 10.0. The average Bonchev–Trinajstić information content (AvgIpc) is 3.12. The van der Waals surface area contributed by atoms with E-state index < -0.39 is 0 Å². The Morgan fingerprint density at radius 3 is 2.42 bits per heavy atom. The van der Waals surface area contributed by atoms with Crippen molar-refractivity contribution in [3.63, 3.8) is 0 Å². The Morgan fingerprint density at radius 2 is 1.73 bits per heavy atom. The highest BCUT2D eigenvalue weighted by atomic mass is 32.2. The summed E-state index contributed by atoms with van der Waals surface area (Å²) < 4.78 is 0. The molecule has 0 aliphatic heterocycles. The van der Waals surface area contributed by atoms with E-state index >= 15 is 0 Å². The van der Waals surface area contributed by atoms with Crippen LogP contribution in [0, 0.1) is 6.92 Å². The smallest absolute Gasteiger partial charge is 0.317 e. The van der Waals surface area contributed by atoms with Gasteiger partial charge in [0.2, 0.25) is 0 Å². The highest BCUT2D eigenvalue weighted by Gasteiger charge is 2.26. The zero-order valence-electron chi connectivity index (χ0n) is 19.8. The number of nitrogens with zero attached hydrogens (tertiary/aromatic N) is 2.